The molecule has 1 saturated carbocycles. The molecule has 0 bridgehead atoms. The van der Waals surface area contributed by atoms with Crippen molar-refractivity contribution in [2.24, 2.45) is 0 Å². The number of H-pyrrole nitrogens is 2. The molecule has 19 nitrogen and oxygen atoms in total. The quantitative estimate of drug-likeness (QED) is 0.111. The zero-order valence-electron chi connectivity index (χ0n) is 38.7. The third kappa shape index (κ3) is 11.2. The van der Waals surface area contributed by atoms with Gasteiger partial charge in [-0.15, -0.1) is 0 Å². The standard InChI is InChI=1S/C25H30N8O3.C21H23N7O.2H2S/c1-14-11-27-23(29-16-7-6-10-33(13-16)24(34)35-25(3,4)5)31-20(14)18-12-26-21-17(18)8-9-19(30-21)22-28-15(2)32-36-22;1-12-10-23-21(25-14-6-4-3-5-7-14)27-18(12)16-11-22-19-15(16)8-9-17(26-19)20-24-13(2)28-29-20;;/h8-9,11-12,16H,6-7,10,13H2,1-5H3,(H,26,30)(H,27,29,31);8-11,14H,3-7H2,1-2H3,(H,22,26)(H,23,25,27);2*1H2/t16-;;;/m0.../s1. The molecule has 4 N–H and O–H groups in total. The number of piperidine rings is 1. The molecule has 1 saturated heterocycles. The van der Waals surface area contributed by atoms with E-state index >= 15 is 0 Å². The lowest BCUT2D eigenvalue weighted by atomic mass is 9.96. The molecule has 0 unspecified atom stereocenters. The van der Waals surface area contributed by atoms with E-state index in [0.29, 0.717) is 71.5 Å². The summed E-state index contributed by atoms with van der Waals surface area (Å²) in [6.07, 6.45) is 15.3. The summed E-state index contributed by atoms with van der Waals surface area (Å²) in [6, 6.07) is 8.23. The number of hydrogen-bond acceptors (Lipinski definition) is 16. The maximum atomic E-state index is 12.5. The maximum Gasteiger partial charge on any atom is 0.410 e. The van der Waals surface area contributed by atoms with Gasteiger partial charge in [0, 0.05) is 71.9 Å². The molecule has 2 aliphatic rings. The van der Waals surface area contributed by atoms with Crippen LogP contribution in [0.1, 0.15) is 88.5 Å². The second-order valence-electron chi connectivity index (χ2n) is 17.7. The van der Waals surface area contributed by atoms with Crippen molar-refractivity contribution in [2.75, 3.05) is 23.7 Å². The molecule has 8 aromatic rings. The summed E-state index contributed by atoms with van der Waals surface area (Å²) in [5.74, 6) is 3.15. The first kappa shape index (κ1) is 48.3. The summed E-state index contributed by atoms with van der Waals surface area (Å²) in [5.41, 5.74) is 7.80. The van der Waals surface area contributed by atoms with Gasteiger partial charge in [0.05, 0.1) is 11.4 Å². The molecule has 0 aromatic carbocycles. The van der Waals surface area contributed by atoms with Crippen LogP contribution in [0.4, 0.5) is 16.7 Å². The van der Waals surface area contributed by atoms with Crippen molar-refractivity contribution in [2.45, 2.75) is 111 Å². The van der Waals surface area contributed by atoms with Crippen LogP contribution < -0.4 is 10.6 Å². The Morgan fingerprint density at radius 3 is 1.64 bits per heavy atom. The summed E-state index contributed by atoms with van der Waals surface area (Å²) < 4.78 is 16.0. The Labute approximate surface area is 401 Å². The molecule has 10 rings (SSSR count). The first-order valence-corrected chi connectivity index (χ1v) is 22.1. The number of ether oxygens (including phenoxy) is 1. The Balaban J connectivity index is 0.000000197. The minimum Gasteiger partial charge on any atom is -0.444 e. The zero-order chi connectivity index (χ0) is 45.2. The van der Waals surface area contributed by atoms with Crippen LogP contribution in [-0.2, 0) is 4.74 Å². The molecular formula is C46H57N15O4S2. The lowest BCUT2D eigenvalue weighted by Crippen LogP contribution is -2.47. The number of likely N-dealkylation sites (tertiary alicyclic amines) is 1. The van der Waals surface area contributed by atoms with Gasteiger partial charge >= 0.3 is 6.09 Å². The highest BCUT2D eigenvalue weighted by Crippen LogP contribution is 2.33. The molecule has 1 aliphatic heterocycles. The predicted molar refractivity (Wildman–Crippen MR) is 265 cm³/mol. The number of rotatable bonds is 8. The zero-order valence-corrected chi connectivity index (χ0v) is 40.7. The largest absolute Gasteiger partial charge is 0.444 e. The van der Waals surface area contributed by atoms with Gasteiger partial charge < -0.3 is 39.3 Å². The van der Waals surface area contributed by atoms with Gasteiger partial charge in [0.1, 0.15) is 28.3 Å². The maximum absolute atomic E-state index is 12.5. The molecule has 1 atom stereocenters. The van der Waals surface area contributed by atoms with E-state index < -0.39 is 5.60 Å². The number of aromatic amines is 2. The summed E-state index contributed by atoms with van der Waals surface area (Å²) >= 11 is 0. The third-order valence-electron chi connectivity index (χ3n) is 11.4. The predicted octanol–water partition coefficient (Wildman–Crippen LogP) is 9.16. The topological polar surface area (TPSA) is 240 Å². The van der Waals surface area contributed by atoms with Crippen molar-refractivity contribution in [3.05, 3.63) is 71.8 Å². The van der Waals surface area contributed by atoms with Crippen LogP contribution in [-0.4, -0.2) is 102 Å². The van der Waals surface area contributed by atoms with Crippen LogP contribution >= 0.6 is 27.0 Å². The Morgan fingerprint density at radius 2 is 1.16 bits per heavy atom. The molecule has 8 aromatic heterocycles. The lowest BCUT2D eigenvalue weighted by molar-refractivity contribution is 0.0206. The van der Waals surface area contributed by atoms with Gasteiger partial charge in [-0.05, 0) is 110 Å². The summed E-state index contributed by atoms with van der Waals surface area (Å²) in [5, 5.41) is 16.5. The molecule has 67 heavy (non-hydrogen) atoms. The number of pyridine rings is 2. The Hall–Kier alpha value is -6.61. The molecule has 352 valence electrons. The van der Waals surface area contributed by atoms with E-state index in [9.17, 15) is 4.79 Å². The van der Waals surface area contributed by atoms with Gasteiger partial charge in [0.25, 0.3) is 11.8 Å². The van der Waals surface area contributed by atoms with E-state index in [1.165, 1.54) is 32.1 Å². The second kappa shape index (κ2) is 20.5. The average Bonchev–Trinajstić information content (AvgIpc) is 4.12. The minimum atomic E-state index is -0.522. The fourth-order valence-electron chi connectivity index (χ4n) is 8.21. The fraction of sp³-hybridized carbons (Fsp3) is 0.413. The summed E-state index contributed by atoms with van der Waals surface area (Å²) in [7, 11) is 0. The number of nitrogens with zero attached hydrogens (tertiary/aromatic N) is 11. The van der Waals surface area contributed by atoms with E-state index in [1.54, 1.807) is 24.9 Å². The highest BCUT2D eigenvalue weighted by Gasteiger charge is 2.28. The van der Waals surface area contributed by atoms with Crippen molar-refractivity contribution >= 4 is 67.0 Å². The Bertz CT molecular complexity index is 2970. The molecule has 1 aliphatic carbocycles. The summed E-state index contributed by atoms with van der Waals surface area (Å²) in [4.78, 5) is 57.2. The Morgan fingerprint density at radius 1 is 0.672 bits per heavy atom. The number of anilines is 2. The van der Waals surface area contributed by atoms with Gasteiger partial charge in [0.2, 0.25) is 11.9 Å². The highest BCUT2D eigenvalue weighted by molar-refractivity contribution is 7.59. The van der Waals surface area contributed by atoms with Crippen LogP contribution in [0.15, 0.2) is 58.1 Å². The first-order chi connectivity index (χ1) is 31.3. The van der Waals surface area contributed by atoms with Crippen molar-refractivity contribution in [3.8, 4) is 45.7 Å². The summed E-state index contributed by atoms with van der Waals surface area (Å²) in [6.45, 7) is 14.4. The van der Waals surface area contributed by atoms with Crippen molar-refractivity contribution < 1.29 is 18.6 Å². The van der Waals surface area contributed by atoms with Crippen LogP contribution in [0, 0.1) is 27.7 Å². The van der Waals surface area contributed by atoms with Crippen LogP contribution in [0.3, 0.4) is 0 Å². The van der Waals surface area contributed by atoms with E-state index in [1.807, 2.05) is 77.5 Å². The molecule has 21 heteroatoms. The Kier molecular flexibility index (Phi) is 14.8. The molecule has 0 spiro atoms. The van der Waals surface area contributed by atoms with Crippen molar-refractivity contribution in [1.82, 2.24) is 65.1 Å². The number of carbonyl (C=O) groups is 1. The smallest absolute Gasteiger partial charge is 0.410 e. The van der Waals surface area contributed by atoms with E-state index in [0.717, 1.165) is 62.9 Å². The van der Waals surface area contributed by atoms with Crippen LogP contribution in [0.2, 0.25) is 0 Å². The molecule has 0 radical (unpaired) electrons. The van der Waals surface area contributed by atoms with Gasteiger partial charge in [0.15, 0.2) is 11.6 Å². The lowest BCUT2D eigenvalue weighted by Gasteiger charge is -2.34. The average molecular weight is 948 g/mol. The SMILES string of the molecule is Cc1noc(-c2ccc3c(-c4nc(NC5CCCCC5)ncc4C)c[nH]c3n2)n1.Cc1noc(-c2ccc3c(-c4nc(N[C@H]5CCCN(C(=O)OC(C)(C)C)C5)ncc4C)c[nH]c3n2)n1.S.S. The molecule has 1 amide bonds. The number of aromatic nitrogens is 12. The van der Waals surface area contributed by atoms with E-state index in [4.69, 9.17) is 23.8 Å². The second-order valence-corrected chi connectivity index (χ2v) is 17.7. The van der Waals surface area contributed by atoms with E-state index in [-0.39, 0.29) is 39.1 Å². The van der Waals surface area contributed by atoms with Gasteiger partial charge in [-0.2, -0.15) is 37.0 Å². The highest BCUT2D eigenvalue weighted by atomic mass is 32.1. The minimum absolute atomic E-state index is 0. The number of amides is 1. The number of fused-ring (bicyclic) bond motifs is 2. The normalized spacial score (nSPS) is 15.3. The number of nitrogens with one attached hydrogen (secondary N) is 4. The third-order valence-corrected chi connectivity index (χ3v) is 11.4. The monoisotopic (exact) mass is 947 g/mol. The fourth-order valence-corrected chi connectivity index (χ4v) is 8.21. The van der Waals surface area contributed by atoms with Gasteiger partial charge in [-0.1, -0.05) is 29.6 Å². The van der Waals surface area contributed by atoms with Crippen LogP contribution in [0.25, 0.3) is 67.8 Å². The molecular weight excluding hydrogens is 891 g/mol. The molecule has 2 fully saturated rings. The number of carbonyl (C=O) groups excluding carboxylic acids is 1. The van der Waals surface area contributed by atoms with Gasteiger partial charge in [-0.25, -0.2) is 34.7 Å². The van der Waals surface area contributed by atoms with Crippen molar-refractivity contribution in [1.29, 1.82) is 0 Å². The number of aryl methyl sites for hydroxylation is 4. The first-order valence-electron chi connectivity index (χ1n) is 22.1. The molecule has 9 heterocycles. The van der Waals surface area contributed by atoms with E-state index in [2.05, 4.69) is 60.8 Å². The van der Waals surface area contributed by atoms with Crippen LogP contribution in [0.5, 0.6) is 0 Å². The van der Waals surface area contributed by atoms with Crippen molar-refractivity contribution in [3.63, 3.8) is 0 Å². The number of hydrogen-bond donors (Lipinski definition) is 4. The van der Waals surface area contributed by atoms with Gasteiger partial charge in [-0.3, -0.25) is 0 Å².